The Bertz CT molecular complexity index is 1500. The van der Waals surface area contributed by atoms with Crippen LogP contribution in [0.2, 0.25) is 0 Å². The number of rotatable bonds is 9. The summed E-state index contributed by atoms with van der Waals surface area (Å²) in [5, 5.41) is 12.5. The highest BCUT2D eigenvalue weighted by Crippen LogP contribution is 2.36. The molecule has 1 saturated heterocycles. The Morgan fingerprint density at radius 3 is 2.92 bits per heavy atom. The fraction of sp³-hybridized carbons (Fsp3) is 0.308. The molecule has 198 valence electrons. The average molecular weight is 543 g/mol. The highest BCUT2D eigenvalue weighted by Gasteiger charge is 2.32. The first-order valence-electron chi connectivity index (χ1n) is 12.0. The van der Waals surface area contributed by atoms with Crippen molar-refractivity contribution in [2.45, 2.75) is 38.1 Å². The molecule has 2 aromatic heterocycles. The van der Waals surface area contributed by atoms with Gasteiger partial charge in [0.15, 0.2) is 11.4 Å². The zero-order valence-electron chi connectivity index (χ0n) is 20.4. The second kappa shape index (κ2) is 10.7. The van der Waals surface area contributed by atoms with E-state index in [-0.39, 0.29) is 53.2 Å². The summed E-state index contributed by atoms with van der Waals surface area (Å²) in [5.41, 5.74) is 0.560. The molecule has 0 unspecified atom stereocenters. The fourth-order valence-electron chi connectivity index (χ4n) is 4.49. The number of aromatic nitrogens is 2. The molecular formula is C26H24F2N4O5S. The van der Waals surface area contributed by atoms with Crippen molar-refractivity contribution in [1.82, 2.24) is 14.9 Å². The molecule has 12 heteroatoms. The van der Waals surface area contributed by atoms with Crippen molar-refractivity contribution in [3.8, 4) is 5.75 Å². The van der Waals surface area contributed by atoms with Gasteiger partial charge in [-0.25, -0.2) is 13.8 Å². The van der Waals surface area contributed by atoms with Crippen LogP contribution in [0, 0.1) is 11.6 Å². The predicted molar refractivity (Wildman–Crippen MR) is 136 cm³/mol. The van der Waals surface area contributed by atoms with E-state index in [0.29, 0.717) is 18.7 Å². The highest BCUT2D eigenvalue weighted by atomic mass is 32.1. The Hall–Kier alpha value is -4.06. The largest absolute Gasteiger partial charge is 0.495 e. The van der Waals surface area contributed by atoms with E-state index < -0.39 is 17.6 Å². The van der Waals surface area contributed by atoms with E-state index in [9.17, 15) is 14.0 Å². The first kappa shape index (κ1) is 25.6. The van der Waals surface area contributed by atoms with E-state index in [2.05, 4.69) is 15.3 Å². The number of hydrogen-bond acceptors (Lipinski definition) is 8. The summed E-state index contributed by atoms with van der Waals surface area (Å²) >= 11 is 1.41. The molecule has 5 rings (SSSR count). The molecule has 0 saturated carbocycles. The average Bonchev–Trinajstić information content (AvgIpc) is 3.64. The number of carboxylic acid groups (broad SMARTS) is 1. The Labute approximate surface area is 220 Å². The van der Waals surface area contributed by atoms with Gasteiger partial charge >= 0.3 is 5.97 Å². The standard InChI is InChI=1S/C26H24F2N4O5S/c1-36-20-8-5-15(27)12-18(20)31-26-30-17-7-4-14(23(28)24(17)37-26)11-21(33)32-10-2-3-19(32)25-29-13-16(38-25)6-9-22(34)35/h4-5,7-8,12-13,19H,2-3,6,9-11H2,1H3,(H,30,31)(H,34,35)/t19-/m0/s1. The molecular weight excluding hydrogens is 518 g/mol. The summed E-state index contributed by atoms with van der Waals surface area (Å²) in [6, 6.07) is 6.69. The molecule has 0 bridgehead atoms. The summed E-state index contributed by atoms with van der Waals surface area (Å²) in [5.74, 6) is -1.94. The maximum Gasteiger partial charge on any atom is 0.303 e. The van der Waals surface area contributed by atoms with Gasteiger partial charge in [-0.15, -0.1) is 11.3 Å². The number of oxazole rings is 1. The van der Waals surface area contributed by atoms with Gasteiger partial charge in [-0.2, -0.15) is 4.98 Å². The second-order valence-electron chi connectivity index (χ2n) is 8.86. The highest BCUT2D eigenvalue weighted by molar-refractivity contribution is 7.11. The Morgan fingerprint density at radius 1 is 1.29 bits per heavy atom. The lowest BCUT2D eigenvalue weighted by atomic mass is 10.1. The van der Waals surface area contributed by atoms with Crippen LogP contribution in [-0.2, 0) is 22.4 Å². The molecule has 0 radical (unpaired) electrons. The maximum absolute atomic E-state index is 15.4. The van der Waals surface area contributed by atoms with E-state index in [1.165, 1.54) is 42.7 Å². The number of thiazole rings is 1. The number of aliphatic carboxylic acids is 1. The third kappa shape index (κ3) is 5.30. The third-order valence-corrected chi connectivity index (χ3v) is 7.50. The molecule has 9 nitrogen and oxygen atoms in total. The summed E-state index contributed by atoms with van der Waals surface area (Å²) in [7, 11) is 1.44. The number of carbonyl (C=O) groups is 2. The number of methoxy groups -OCH3 is 1. The zero-order valence-corrected chi connectivity index (χ0v) is 21.2. The van der Waals surface area contributed by atoms with Crippen LogP contribution in [0.3, 0.4) is 0 Å². The van der Waals surface area contributed by atoms with Gasteiger partial charge < -0.3 is 24.5 Å². The number of amides is 1. The number of aryl methyl sites for hydroxylation is 1. The van der Waals surface area contributed by atoms with Crippen LogP contribution in [0.4, 0.5) is 20.5 Å². The number of anilines is 2. The van der Waals surface area contributed by atoms with Gasteiger partial charge in [-0.1, -0.05) is 6.07 Å². The zero-order chi connectivity index (χ0) is 26.8. The molecule has 38 heavy (non-hydrogen) atoms. The SMILES string of the molecule is COc1ccc(F)cc1Nc1nc2ccc(CC(=O)N3CCC[C@H]3c3ncc(CCC(=O)O)s3)c(F)c2o1. The number of fused-ring (bicyclic) bond motifs is 1. The smallest absolute Gasteiger partial charge is 0.303 e. The quantitative estimate of drug-likeness (QED) is 0.295. The number of likely N-dealkylation sites (tertiary alicyclic amines) is 1. The van der Waals surface area contributed by atoms with Crippen LogP contribution in [0.5, 0.6) is 5.75 Å². The van der Waals surface area contributed by atoms with Gasteiger partial charge in [0.1, 0.15) is 22.1 Å². The monoisotopic (exact) mass is 542 g/mol. The number of nitrogens with zero attached hydrogens (tertiary/aromatic N) is 3. The number of hydrogen-bond donors (Lipinski definition) is 2. The van der Waals surface area contributed by atoms with E-state index in [1.54, 1.807) is 17.2 Å². The van der Waals surface area contributed by atoms with Crippen molar-refractivity contribution < 1.29 is 32.6 Å². The number of carboxylic acids is 1. The number of nitrogens with one attached hydrogen (secondary N) is 1. The summed E-state index contributed by atoms with van der Waals surface area (Å²) < 4.78 is 39.8. The minimum atomic E-state index is -0.875. The number of halogens is 2. The molecule has 2 N–H and O–H groups in total. The molecule has 1 fully saturated rings. The van der Waals surface area contributed by atoms with E-state index in [4.69, 9.17) is 14.3 Å². The van der Waals surface area contributed by atoms with Crippen LogP contribution in [-0.4, -0.2) is 45.5 Å². The normalized spacial score (nSPS) is 15.2. The minimum Gasteiger partial charge on any atom is -0.495 e. The van der Waals surface area contributed by atoms with Gasteiger partial charge in [0.2, 0.25) is 5.91 Å². The molecule has 1 aliphatic rings. The first-order chi connectivity index (χ1) is 18.3. The molecule has 0 spiro atoms. The number of benzene rings is 2. The number of carbonyl (C=O) groups excluding carboxylic acids is 1. The van der Waals surface area contributed by atoms with Crippen molar-refractivity contribution in [2.24, 2.45) is 0 Å². The van der Waals surface area contributed by atoms with Gasteiger partial charge in [0, 0.05) is 29.2 Å². The lowest BCUT2D eigenvalue weighted by Crippen LogP contribution is -2.32. The first-order valence-corrected chi connectivity index (χ1v) is 12.8. The topological polar surface area (TPSA) is 118 Å². The van der Waals surface area contributed by atoms with Gasteiger partial charge in [-0.05, 0) is 37.5 Å². The van der Waals surface area contributed by atoms with Crippen LogP contribution in [0.15, 0.2) is 40.9 Å². The maximum atomic E-state index is 15.4. The predicted octanol–water partition coefficient (Wildman–Crippen LogP) is 5.24. The lowest BCUT2D eigenvalue weighted by molar-refractivity contribution is -0.137. The molecule has 4 aromatic rings. The van der Waals surface area contributed by atoms with Crippen molar-refractivity contribution in [3.63, 3.8) is 0 Å². The molecule has 0 aliphatic carbocycles. The van der Waals surface area contributed by atoms with E-state index in [1.807, 2.05) is 0 Å². The van der Waals surface area contributed by atoms with Crippen molar-refractivity contribution in [2.75, 3.05) is 19.0 Å². The Morgan fingerprint density at radius 2 is 2.13 bits per heavy atom. The summed E-state index contributed by atoms with van der Waals surface area (Å²) in [6.45, 7) is 0.531. The lowest BCUT2D eigenvalue weighted by Gasteiger charge is -2.23. The van der Waals surface area contributed by atoms with Gasteiger partial charge in [0.05, 0.1) is 31.7 Å². The number of ether oxygens (including phenoxy) is 1. The molecule has 3 heterocycles. The van der Waals surface area contributed by atoms with Gasteiger partial charge in [0.25, 0.3) is 6.01 Å². The van der Waals surface area contributed by atoms with Crippen molar-refractivity contribution >= 4 is 46.0 Å². The fourth-order valence-corrected chi connectivity index (χ4v) is 5.56. The van der Waals surface area contributed by atoms with E-state index >= 15 is 4.39 Å². The van der Waals surface area contributed by atoms with Gasteiger partial charge in [-0.3, -0.25) is 9.59 Å². The van der Waals surface area contributed by atoms with Crippen molar-refractivity contribution in [3.05, 3.63) is 63.6 Å². The third-order valence-electron chi connectivity index (χ3n) is 6.34. The molecule has 2 aromatic carbocycles. The van der Waals surface area contributed by atoms with Crippen molar-refractivity contribution in [1.29, 1.82) is 0 Å². The molecule has 1 amide bonds. The molecule has 1 aliphatic heterocycles. The van der Waals surface area contributed by atoms with Crippen LogP contribution < -0.4 is 10.1 Å². The Balaban J connectivity index is 1.32. The second-order valence-corrected chi connectivity index (χ2v) is 10.0. The molecule has 1 atom stereocenters. The summed E-state index contributed by atoms with van der Waals surface area (Å²) in [6.07, 6.45) is 3.43. The summed E-state index contributed by atoms with van der Waals surface area (Å²) in [4.78, 5) is 35.3. The van der Waals surface area contributed by atoms with E-state index in [0.717, 1.165) is 22.7 Å². The Kier molecular flexibility index (Phi) is 7.23. The van der Waals surface area contributed by atoms with Crippen LogP contribution in [0.25, 0.3) is 11.1 Å². The minimum absolute atomic E-state index is 0.0192. The van der Waals surface area contributed by atoms with Crippen LogP contribution >= 0.6 is 11.3 Å². The van der Waals surface area contributed by atoms with Crippen LogP contribution in [0.1, 0.15) is 40.8 Å².